The summed E-state index contributed by atoms with van der Waals surface area (Å²) in [4.78, 5) is 38.0. The number of nitrogens with one attached hydrogen (secondary N) is 1. The average molecular weight is 351 g/mol. The van der Waals surface area contributed by atoms with E-state index in [-0.39, 0.29) is 17.4 Å². The second-order valence-electron chi connectivity index (χ2n) is 6.90. The first kappa shape index (κ1) is 16.5. The lowest BCUT2D eigenvalue weighted by molar-refractivity contribution is 0.0698. The minimum atomic E-state index is -0.161. The molecule has 26 heavy (non-hydrogen) atoms. The SMILES string of the molecule is Cc1ccn2c(C(=O)N3CCC[C@@H](c4cc(=O)[nH]cn4)C3)c(C)nc2c1. The van der Waals surface area contributed by atoms with E-state index in [0.717, 1.165) is 35.4 Å². The number of piperidine rings is 1. The number of rotatable bonds is 2. The highest BCUT2D eigenvalue weighted by molar-refractivity contribution is 5.94. The number of amides is 1. The van der Waals surface area contributed by atoms with Crippen LogP contribution in [0.4, 0.5) is 0 Å². The fourth-order valence-corrected chi connectivity index (χ4v) is 3.68. The maximum absolute atomic E-state index is 13.2. The third-order valence-electron chi connectivity index (χ3n) is 4.98. The van der Waals surface area contributed by atoms with E-state index >= 15 is 0 Å². The molecule has 1 atom stereocenters. The molecule has 1 N–H and O–H groups in total. The van der Waals surface area contributed by atoms with E-state index in [1.807, 2.05) is 41.5 Å². The second-order valence-corrected chi connectivity index (χ2v) is 6.90. The standard InChI is InChI=1S/C19H21N5O2/c1-12-5-7-24-16(8-12)22-13(2)18(24)19(26)23-6-3-4-14(10-23)15-9-17(25)21-11-20-15/h5,7-9,11,14H,3-4,6,10H2,1-2H3,(H,20,21,25)/t14-/m1/s1. The molecule has 0 bridgehead atoms. The molecule has 1 fully saturated rings. The van der Waals surface area contributed by atoms with Crippen molar-refractivity contribution >= 4 is 11.6 Å². The Morgan fingerprint density at radius 3 is 2.96 bits per heavy atom. The third kappa shape index (κ3) is 2.89. The Balaban J connectivity index is 1.64. The second kappa shape index (κ2) is 6.40. The molecule has 0 saturated carbocycles. The van der Waals surface area contributed by atoms with Crippen LogP contribution in [0.25, 0.3) is 5.65 Å². The number of carbonyl (C=O) groups excluding carboxylic acids is 1. The number of carbonyl (C=O) groups is 1. The Morgan fingerprint density at radius 2 is 2.15 bits per heavy atom. The number of hydrogen-bond donors (Lipinski definition) is 1. The maximum Gasteiger partial charge on any atom is 0.272 e. The Labute approximate surface area is 150 Å². The molecule has 0 spiro atoms. The van der Waals surface area contributed by atoms with Gasteiger partial charge in [0.1, 0.15) is 11.3 Å². The number of nitrogens with zero attached hydrogens (tertiary/aromatic N) is 4. The summed E-state index contributed by atoms with van der Waals surface area (Å²) in [5, 5.41) is 0. The quantitative estimate of drug-likeness (QED) is 0.766. The van der Waals surface area contributed by atoms with Crippen molar-refractivity contribution in [3.05, 3.63) is 63.7 Å². The fourth-order valence-electron chi connectivity index (χ4n) is 3.68. The van der Waals surface area contributed by atoms with Crippen molar-refractivity contribution in [1.82, 2.24) is 24.3 Å². The predicted molar refractivity (Wildman–Crippen MR) is 97.4 cm³/mol. The van der Waals surface area contributed by atoms with E-state index in [0.29, 0.717) is 18.8 Å². The van der Waals surface area contributed by atoms with Gasteiger partial charge in [0.15, 0.2) is 0 Å². The van der Waals surface area contributed by atoms with Gasteiger partial charge in [-0.05, 0) is 44.4 Å². The Morgan fingerprint density at radius 1 is 1.31 bits per heavy atom. The third-order valence-corrected chi connectivity index (χ3v) is 4.98. The summed E-state index contributed by atoms with van der Waals surface area (Å²) < 4.78 is 1.86. The number of likely N-dealkylation sites (tertiary alicyclic amines) is 1. The summed E-state index contributed by atoms with van der Waals surface area (Å²) in [6.07, 6.45) is 5.14. The molecule has 0 aliphatic carbocycles. The zero-order valence-corrected chi connectivity index (χ0v) is 14.9. The minimum Gasteiger partial charge on any atom is -0.337 e. The molecule has 3 aromatic heterocycles. The summed E-state index contributed by atoms with van der Waals surface area (Å²) in [5.41, 5.74) is 3.83. The van der Waals surface area contributed by atoms with Crippen LogP contribution in [0.3, 0.4) is 0 Å². The monoisotopic (exact) mass is 351 g/mol. The zero-order valence-electron chi connectivity index (χ0n) is 14.9. The van der Waals surface area contributed by atoms with Crippen LogP contribution in [0.1, 0.15) is 46.2 Å². The molecule has 4 heterocycles. The topological polar surface area (TPSA) is 83.4 Å². The van der Waals surface area contributed by atoms with Crippen molar-refractivity contribution in [3.63, 3.8) is 0 Å². The molecular weight excluding hydrogens is 330 g/mol. The molecule has 0 radical (unpaired) electrons. The molecule has 3 aromatic rings. The van der Waals surface area contributed by atoms with Crippen LogP contribution in [0, 0.1) is 13.8 Å². The molecule has 0 unspecified atom stereocenters. The van der Waals surface area contributed by atoms with Crippen LogP contribution in [0.5, 0.6) is 0 Å². The largest absolute Gasteiger partial charge is 0.337 e. The van der Waals surface area contributed by atoms with Crippen LogP contribution in [-0.4, -0.2) is 43.2 Å². The van der Waals surface area contributed by atoms with Gasteiger partial charge >= 0.3 is 0 Å². The first-order valence-electron chi connectivity index (χ1n) is 8.82. The van der Waals surface area contributed by atoms with Crippen LogP contribution >= 0.6 is 0 Å². The molecule has 4 rings (SSSR count). The number of imidazole rings is 1. The van der Waals surface area contributed by atoms with Gasteiger partial charge < -0.3 is 9.88 Å². The first-order valence-corrected chi connectivity index (χ1v) is 8.82. The highest BCUT2D eigenvalue weighted by Gasteiger charge is 2.29. The zero-order chi connectivity index (χ0) is 18.3. The first-order chi connectivity index (χ1) is 12.5. The number of H-pyrrole nitrogens is 1. The van der Waals surface area contributed by atoms with Crippen LogP contribution in [0.2, 0.25) is 0 Å². The Bertz CT molecular complexity index is 1040. The van der Waals surface area contributed by atoms with E-state index < -0.39 is 0 Å². The van der Waals surface area contributed by atoms with E-state index in [1.165, 1.54) is 12.4 Å². The van der Waals surface area contributed by atoms with Gasteiger partial charge in [-0.25, -0.2) is 9.97 Å². The number of aromatic nitrogens is 4. The van der Waals surface area contributed by atoms with E-state index in [4.69, 9.17) is 0 Å². The number of hydrogen-bond acceptors (Lipinski definition) is 4. The molecule has 1 amide bonds. The van der Waals surface area contributed by atoms with E-state index in [1.54, 1.807) is 0 Å². The molecular formula is C19H21N5O2. The minimum absolute atomic E-state index is 0.0200. The molecule has 0 aromatic carbocycles. The predicted octanol–water partition coefficient (Wildman–Crippen LogP) is 2.05. The number of fused-ring (bicyclic) bond motifs is 1. The summed E-state index contributed by atoms with van der Waals surface area (Å²) in [5.74, 6) is 0.0603. The fraction of sp³-hybridized carbons (Fsp3) is 0.368. The van der Waals surface area contributed by atoms with Gasteiger partial charge in [-0.3, -0.25) is 14.0 Å². The highest BCUT2D eigenvalue weighted by atomic mass is 16.2. The van der Waals surface area contributed by atoms with Gasteiger partial charge in [-0.15, -0.1) is 0 Å². The smallest absolute Gasteiger partial charge is 0.272 e. The van der Waals surface area contributed by atoms with Crippen molar-refractivity contribution in [2.45, 2.75) is 32.6 Å². The average Bonchev–Trinajstić information content (AvgIpc) is 2.96. The normalized spacial score (nSPS) is 17.6. The molecule has 1 saturated heterocycles. The van der Waals surface area contributed by atoms with Crippen molar-refractivity contribution in [1.29, 1.82) is 0 Å². The van der Waals surface area contributed by atoms with Gasteiger partial charge in [-0.2, -0.15) is 0 Å². The van der Waals surface area contributed by atoms with Gasteiger partial charge in [0.2, 0.25) is 0 Å². The van der Waals surface area contributed by atoms with Crippen molar-refractivity contribution in [3.8, 4) is 0 Å². The van der Waals surface area contributed by atoms with E-state index in [9.17, 15) is 9.59 Å². The molecule has 1 aliphatic heterocycles. The van der Waals surface area contributed by atoms with Gasteiger partial charge in [0, 0.05) is 31.3 Å². The van der Waals surface area contributed by atoms with Gasteiger partial charge in [-0.1, -0.05) is 0 Å². The van der Waals surface area contributed by atoms with Crippen molar-refractivity contribution in [2.75, 3.05) is 13.1 Å². The summed E-state index contributed by atoms with van der Waals surface area (Å²) >= 11 is 0. The summed E-state index contributed by atoms with van der Waals surface area (Å²) in [6, 6.07) is 5.48. The maximum atomic E-state index is 13.2. The Hall–Kier alpha value is -2.96. The van der Waals surface area contributed by atoms with E-state index in [2.05, 4.69) is 15.0 Å². The van der Waals surface area contributed by atoms with Crippen LogP contribution in [0.15, 0.2) is 35.5 Å². The van der Waals surface area contributed by atoms with Gasteiger partial charge in [0.05, 0.1) is 17.7 Å². The van der Waals surface area contributed by atoms with Gasteiger partial charge in [0.25, 0.3) is 11.5 Å². The van der Waals surface area contributed by atoms with Crippen LogP contribution in [-0.2, 0) is 0 Å². The Kier molecular flexibility index (Phi) is 4.06. The number of aromatic amines is 1. The molecule has 7 heteroatoms. The molecule has 7 nitrogen and oxygen atoms in total. The lowest BCUT2D eigenvalue weighted by atomic mass is 9.94. The molecule has 134 valence electrons. The molecule has 1 aliphatic rings. The lowest BCUT2D eigenvalue weighted by Gasteiger charge is -2.32. The lowest BCUT2D eigenvalue weighted by Crippen LogP contribution is -2.40. The number of aryl methyl sites for hydroxylation is 2. The van der Waals surface area contributed by atoms with Crippen molar-refractivity contribution < 1.29 is 4.79 Å². The van der Waals surface area contributed by atoms with Crippen molar-refractivity contribution in [2.24, 2.45) is 0 Å². The summed E-state index contributed by atoms with van der Waals surface area (Å²) in [6.45, 7) is 5.15. The summed E-state index contributed by atoms with van der Waals surface area (Å²) in [7, 11) is 0. The highest BCUT2D eigenvalue weighted by Crippen LogP contribution is 2.26. The number of pyridine rings is 1. The van der Waals surface area contributed by atoms with Crippen LogP contribution < -0.4 is 5.56 Å².